The zero-order valence-electron chi connectivity index (χ0n) is 9.02. The molecule has 1 aliphatic heterocycles. The highest BCUT2D eigenvalue weighted by Crippen LogP contribution is 2.34. The van der Waals surface area contributed by atoms with Crippen molar-refractivity contribution < 1.29 is 0 Å². The van der Waals surface area contributed by atoms with Gasteiger partial charge in [0.2, 0.25) is 0 Å². The number of hydrogen-bond donors (Lipinski definition) is 1. The smallest absolute Gasteiger partial charge is 0.0728 e. The molecule has 1 unspecified atom stereocenters. The highest BCUT2D eigenvalue weighted by molar-refractivity contribution is 5.07. The van der Waals surface area contributed by atoms with E-state index in [-0.39, 0.29) is 0 Å². The lowest BCUT2D eigenvalue weighted by molar-refractivity contribution is 0.443. The molecule has 1 aromatic heterocycles. The lowest BCUT2D eigenvalue weighted by atomic mass is 10.0. The minimum Gasteiger partial charge on any atom is -0.315 e. The van der Waals surface area contributed by atoms with Crippen LogP contribution in [0.15, 0.2) is 6.20 Å². The maximum Gasteiger partial charge on any atom is 0.0728 e. The van der Waals surface area contributed by atoms with Gasteiger partial charge in [-0.1, -0.05) is 18.1 Å². The van der Waals surface area contributed by atoms with E-state index in [1.54, 1.807) is 0 Å². The Morgan fingerprint density at radius 3 is 2.87 bits per heavy atom. The Labute approximate surface area is 90.0 Å². The van der Waals surface area contributed by atoms with Crippen LogP contribution in [0.4, 0.5) is 0 Å². The summed E-state index contributed by atoms with van der Waals surface area (Å²) in [6.45, 7) is 2.18. The van der Waals surface area contributed by atoms with Crippen LogP contribution in [0.2, 0.25) is 0 Å². The summed E-state index contributed by atoms with van der Waals surface area (Å²) < 4.78 is 2.18. The molecule has 4 heteroatoms. The maximum absolute atomic E-state index is 4.27. The molecule has 1 aliphatic carbocycles. The quantitative estimate of drug-likeness (QED) is 0.796. The van der Waals surface area contributed by atoms with Gasteiger partial charge in [0.25, 0.3) is 0 Å². The predicted molar refractivity (Wildman–Crippen MR) is 57.8 cm³/mol. The van der Waals surface area contributed by atoms with Crippen LogP contribution >= 0.6 is 0 Å². The third kappa shape index (κ3) is 1.67. The highest BCUT2D eigenvalue weighted by atomic mass is 15.4. The lowest BCUT2D eigenvalue weighted by Gasteiger charge is -2.15. The standard InChI is InChI=1S/C11H18N4/c1-2-4-9(3-1)11-8-13-14-15(11)10-5-6-12-7-10/h8-10,12H,1-7H2. The topological polar surface area (TPSA) is 42.7 Å². The number of hydrogen-bond acceptors (Lipinski definition) is 3. The fraction of sp³-hybridized carbons (Fsp3) is 0.818. The zero-order valence-corrected chi connectivity index (χ0v) is 9.02. The molecule has 0 aromatic carbocycles. The first-order valence-corrected chi connectivity index (χ1v) is 6.06. The maximum atomic E-state index is 4.27. The molecule has 82 valence electrons. The molecule has 1 aromatic rings. The van der Waals surface area contributed by atoms with Crippen molar-refractivity contribution in [3.8, 4) is 0 Å². The average Bonchev–Trinajstić information content (AvgIpc) is 3.01. The number of nitrogens with one attached hydrogen (secondary N) is 1. The van der Waals surface area contributed by atoms with Gasteiger partial charge in [0, 0.05) is 12.5 Å². The molecule has 0 spiro atoms. The molecule has 2 fully saturated rings. The summed E-state index contributed by atoms with van der Waals surface area (Å²) in [5, 5.41) is 11.8. The van der Waals surface area contributed by atoms with Gasteiger partial charge in [-0.15, -0.1) is 5.10 Å². The first-order valence-electron chi connectivity index (χ1n) is 6.06. The van der Waals surface area contributed by atoms with Gasteiger partial charge in [0.05, 0.1) is 17.9 Å². The second kappa shape index (κ2) is 3.93. The molecule has 4 nitrogen and oxygen atoms in total. The molecule has 3 rings (SSSR count). The van der Waals surface area contributed by atoms with Gasteiger partial charge >= 0.3 is 0 Å². The van der Waals surface area contributed by atoms with E-state index < -0.39 is 0 Å². The van der Waals surface area contributed by atoms with E-state index in [2.05, 4.69) is 20.3 Å². The summed E-state index contributed by atoms with van der Waals surface area (Å²) in [7, 11) is 0. The molecule has 15 heavy (non-hydrogen) atoms. The lowest BCUT2D eigenvalue weighted by Crippen LogP contribution is -2.17. The Hall–Kier alpha value is -0.900. The van der Waals surface area contributed by atoms with E-state index in [1.807, 2.05) is 6.20 Å². The average molecular weight is 206 g/mol. The van der Waals surface area contributed by atoms with Crippen molar-refractivity contribution in [1.29, 1.82) is 0 Å². The van der Waals surface area contributed by atoms with Crippen molar-refractivity contribution >= 4 is 0 Å². The summed E-state index contributed by atoms with van der Waals surface area (Å²) in [4.78, 5) is 0. The first kappa shape index (κ1) is 9.33. The minimum absolute atomic E-state index is 0.545. The van der Waals surface area contributed by atoms with Crippen LogP contribution in [0.1, 0.15) is 49.8 Å². The fourth-order valence-corrected chi connectivity index (χ4v) is 2.90. The molecule has 0 bridgehead atoms. The van der Waals surface area contributed by atoms with Crippen LogP contribution in [-0.4, -0.2) is 28.1 Å². The van der Waals surface area contributed by atoms with Crippen molar-refractivity contribution in [2.45, 2.75) is 44.1 Å². The second-order valence-corrected chi connectivity index (χ2v) is 4.73. The van der Waals surface area contributed by atoms with Gasteiger partial charge in [-0.25, -0.2) is 4.68 Å². The monoisotopic (exact) mass is 206 g/mol. The van der Waals surface area contributed by atoms with Gasteiger partial charge in [0.15, 0.2) is 0 Å². The largest absolute Gasteiger partial charge is 0.315 e. The van der Waals surface area contributed by atoms with E-state index in [1.165, 1.54) is 37.8 Å². The first-order chi connectivity index (χ1) is 7.45. The molecule has 1 atom stereocenters. The third-order valence-corrected chi connectivity index (χ3v) is 3.76. The van der Waals surface area contributed by atoms with Crippen molar-refractivity contribution in [1.82, 2.24) is 20.3 Å². The van der Waals surface area contributed by atoms with Crippen molar-refractivity contribution in [3.05, 3.63) is 11.9 Å². The molecular formula is C11H18N4. The Bertz CT molecular complexity index is 291. The van der Waals surface area contributed by atoms with Gasteiger partial charge in [-0.3, -0.25) is 0 Å². The Kier molecular flexibility index (Phi) is 2.44. The molecule has 1 saturated heterocycles. The highest BCUT2D eigenvalue weighted by Gasteiger charge is 2.26. The predicted octanol–water partition coefficient (Wildman–Crippen LogP) is 1.47. The molecule has 2 heterocycles. The Balaban J connectivity index is 1.84. The van der Waals surface area contributed by atoms with E-state index in [9.17, 15) is 0 Å². The van der Waals surface area contributed by atoms with E-state index in [0.29, 0.717) is 6.04 Å². The van der Waals surface area contributed by atoms with Crippen LogP contribution < -0.4 is 5.32 Å². The molecular weight excluding hydrogens is 188 g/mol. The summed E-state index contributed by atoms with van der Waals surface area (Å²) in [6, 6.07) is 0.545. The van der Waals surface area contributed by atoms with E-state index in [4.69, 9.17) is 0 Å². The molecule has 0 radical (unpaired) electrons. The van der Waals surface area contributed by atoms with Crippen molar-refractivity contribution in [2.75, 3.05) is 13.1 Å². The van der Waals surface area contributed by atoms with E-state index >= 15 is 0 Å². The van der Waals surface area contributed by atoms with Gasteiger partial charge < -0.3 is 5.32 Å². The Morgan fingerprint density at radius 2 is 2.13 bits per heavy atom. The Morgan fingerprint density at radius 1 is 1.27 bits per heavy atom. The van der Waals surface area contributed by atoms with Crippen LogP contribution in [0.3, 0.4) is 0 Å². The number of nitrogens with zero attached hydrogens (tertiary/aromatic N) is 3. The normalized spacial score (nSPS) is 27.6. The van der Waals surface area contributed by atoms with Crippen LogP contribution in [0, 0.1) is 0 Å². The molecule has 2 aliphatic rings. The van der Waals surface area contributed by atoms with E-state index in [0.717, 1.165) is 19.0 Å². The zero-order chi connectivity index (χ0) is 10.1. The van der Waals surface area contributed by atoms with Crippen molar-refractivity contribution in [2.24, 2.45) is 0 Å². The van der Waals surface area contributed by atoms with Gasteiger partial charge in [-0.05, 0) is 25.8 Å². The summed E-state index contributed by atoms with van der Waals surface area (Å²) in [6.07, 6.45) is 8.58. The minimum atomic E-state index is 0.545. The van der Waals surface area contributed by atoms with Crippen molar-refractivity contribution in [3.63, 3.8) is 0 Å². The summed E-state index contributed by atoms with van der Waals surface area (Å²) in [5.74, 6) is 0.723. The molecule has 0 amide bonds. The van der Waals surface area contributed by atoms with Gasteiger partial charge in [-0.2, -0.15) is 0 Å². The summed E-state index contributed by atoms with van der Waals surface area (Å²) in [5.41, 5.74) is 1.38. The summed E-state index contributed by atoms with van der Waals surface area (Å²) >= 11 is 0. The number of rotatable bonds is 2. The van der Waals surface area contributed by atoms with Crippen LogP contribution in [0.25, 0.3) is 0 Å². The SMILES string of the molecule is c1nnn(C2CCNC2)c1C1CCCC1. The molecule has 1 saturated carbocycles. The van der Waals surface area contributed by atoms with Crippen LogP contribution in [0.5, 0.6) is 0 Å². The van der Waals surface area contributed by atoms with Crippen LogP contribution in [-0.2, 0) is 0 Å². The fourth-order valence-electron chi connectivity index (χ4n) is 2.90. The second-order valence-electron chi connectivity index (χ2n) is 4.73. The van der Waals surface area contributed by atoms with Gasteiger partial charge in [0.1, 0.15) is 0 Å². The third-order valence-electron chi connectivity index (χ3n) is 3.76. The number of aromatic nitrogens is 3. The molecule has 1 N–H and O–H groups in total.